The van der Waals surface area contributed by atoms with Crippen LogP contribution in [0.25, 0.3) is 0 Å². The molecule has 0 bridgehead atoms. The van der Waals surface area contributed by atoms with Gasteiger partial charge in [-0.2, -0.15) is 0 Å². The lowest BCUT2D eigenvalue weighted by molar-refractivity contribution is 0.399. The van der Waals surface area contributed by atoms with E-state index in [0.717, 1.165) is 24.6 Å². The van der Waals surface area contributed by atoms with Crippen LogP contribution >= 0.6 is 0 Å². The van der Waals surface area contributed by atoms with E-state index in [2.05, 4.69) is 37.4 Å². The van der Waals surface area contributed by atoms with Gasteiger partial charge >= 0.3 is 0 Å². The lowest BCUT2D eigenvalue weighted by atomic mass is 9.98. The summed E-state index contributed by atoms with van der Waals surface area (Å²) in [7, 11) is 1.77. The topological polar surface area (TPSA) is 21.3 Å². The number of hydrogen-bond acceptors (Lipinski definition) is 2. The number of ether oxygens (including phenoxy) is 1. The standard InChI is InChI=1S/C17H27NO/c1-4-9-18-16(11-14-6-7-14)12-15-10-13(2)5-8-17(15)19-3/h5,8,10,14,16,18H,4,6-7,9,11-12H2,1-3H3. The number of nitrogens with one attached hydrogen (secondary N) is 1. The Hall–Kier alpha value is -1.02. The largest absolute Gasteiger partial charge is 0.496 e. The summed E-state index contributed by atoms with van der Waals surface area (Å²) in [5, 5.41) is 3.70. The van der Waals surface area contributed by atoms with Gasteiger partial charge in [-0.05, 0) is 50.3 Å². The number of hydrogen-bond donors (Lipinski definition) is 1. The van der Waals surface area contributed by atoms with Gasteiger partial charge in [0.05, 0.1) is 7.11 Å². The van der Waals surface area contributed by atoms with Crippen LogP contribution in [0.1, 0.15) is 43.7 Å². The van der Waals surface area contributed by atoms with Crippen molar-refractivity contribution in [2.24, 2.45) is 5.92 Å². The van der Waals surface area contributed by atoms with Crippen molar-refractivity contribution < 1.29 is 4.74 Å². The van der Waals surface area contributed by atoms with Crippen LogP contribution in [0.5, 0.6) is 5.75 Å². The minimum absolute atomic E-state index is 0.600. The molecule has 1 aliphatic carbocycles. The van der Waals surface area contributed by atoms with Crippen LogP contribution in [0.4, 0.5) is 0 Å². The Labute approximate surface area is 117 Å². The van der Waals surface area contributed by atoms with Gasteiger partial charge in [-0.1, -0.05) is 37.5 Å². The summed E-state index contributed by atoms with van der Waals surface area (Å²) in [4.78, 5) is 0. The van der Waals surface area contributed by atoms with Crippen molar-refractivity contribution in [3.8, 4) is 5.75 Å². The average Bonchev–Trinajstić information content (AvgIpc) is 3.20. The lowest BCUT2D eigenvalue weighted by Crippen LogP contribution is -2.32. The highest BCUT2D eigenvalue weighted by molar-refractivity contribution is 5.37. The van der Waals surface area contributed by atoms with E-state index in [-0.39, 0.29) is 0 Å². The van der Waals surface area contributed by atoms with E-state index in [1.807, 2.05) is 0 Å². The third kappa shape index (κ3) is 4.54. The molecule has 1 atom stereocenters. The molecule has 0 heterocycles. The highest BCUT2D eigenvalue weighted by Gasteiger charge is 2.25. The normalized spacial score (nSPS) is 16.4. The van der Waals surface area contributed by atoms with Gasteiger partial charge in [0.1, 0.15) is 5.75 Å². The molecule has 2 heteroatoms. The van der Waals surface area contributed by atoms with Crippen LogP contribution in [0.3, 0.4) is 0 Å². The Morgan fingerprint density at radius 1 is 1.37 bits per heavy atom. The summed E-state index contributed by atoms with van der Waals surface area (Å²) >= 11 is 0. The maximum absolute atomic E-state index is 5.50. The first-order chi connectivity index (χ1) is 9.22. The van der Waals surface area contributed by atoms with E-state index >= 15 is 0 Å². The highest BCUT2D eigenvalue weighted by atomic mass is 16.5. The first kappa shape index (κ1) is 14.4. The zero-order valence-electron chi connectivity index (χ0n) is 12.5. The summed E-state index contributed by atoms with van der Waals surface area (Å²) in [6.07, 6.45) is 6.45. The number of methoxy groups -OCH3 is 1. The smallest absolute Gasteiger partial charge is 0.122 e. The van der Waals surface area contributed by atoms with Gasteiger partial charge in [0.2, 0.25) is 0 Å². The Morgan fingerprint density at radius 2 is 2.16 bits per heavy atom. The van der Waals surface area contributed by atoms with Crippen molar-refractivity contribution in [1.82, 2.24) is 5.32 Å². The molecular weight excluding hydrogens is 234 g/mol. The van der Waals surface area contributed by atoms with E-state index in [4.69, 9.17) is 4.74 Å². The summed E-state index contributed by atoms with van der Waals surface area (Å²) in [6, 6.07) is 7.09. The maximum Gasteiger partial charge on any atom is 0.122 e. The van der Waals surface area contributed by atoms with Gasteiger partial charge in [-0.25, -0.2) is 0 Å². The zero-order valence-corrected chi connectivity index (χ0v) is 12.5. The summed E-state index contributed by atoms with van der Waals surface area (Å²) in [6.45, 7) is 5.50. The second-order valence-electron chi connectivity index (χ2n) is 5.85. The van der Waals surface area contributed by atoms with Crippen LogP contribution < -0.4 is 10.1 Å². The Morgan fingerprint density at radius 3 is 2.79 bits per heavy atom. The maximum atomic E-state index is 5.50. The molecule has 2 rings (SSSR count). The Kier molecular flexibility index (Phi) is 5.26. The molecule has 1 saturated carbocycles. The fourth-order valence-electron chi connectivity index (χ4n) is 2.68. The summed E-state index contributed by atoms with van der Waals surface area (Å²) in [5.41, 5.74) is 2.66. The molecule has 0 saturated heterocycles. The highest BCUT2D eigenvalue weighted by Crippen LogP contribution is 2.34. The number of benzene rings is 1. The molecule has 0 radical (unpaired) electrons. The molecule has 0 aromatic heterocycles. The fourth-order valence-corrected chi connectivity index (χ4v) is 2.68. The van der Waals surface area contributed by atoms with Crippen molar-refractivity contribution in [3.63, 3.8) is 0 Å². The van der Waals surface area contributed by atoms with Crippen molar-refractivity contribution in [3.05, 3.63) is 29.3 Å². The van der Waals surface area contributed by atoms with Gasteiger partial charge in [0.15, 0.2) is 0 Å². The Bertz CT molecular complexity index is 398. The van der Waals surface area contributed by atoms with E-state index in [1.165, 1.54) is 36.8 Å². The molecule has 1 unspecified atom stereocenters. The monoisotopic (exact) mass is 261 g/mol. The van der Waals surface area contributed by atoms with Crippen molar-refractivity contribution >= 4 is 0 Å². The number of aryl methyl sites for hydroxylation is 1. The fraction of sp³-hybridized carbons (Fsp3) is 0.647. The zero-order chi connectivity index (χ0) is 13.7. The predicted molar refractivity (Wildman–Crippen MR) is 80.9 cm³/mol. The van der Waals surface area contributed by atoms with Crippen molar-refractivity contribution in [2.75, 3.05) is 13.7 Å². The lowest BCUT2D eigenvalue weighted by Gasteiger charge is -2.20. The van der Waals surface area contributed by atoms with Crippen LogP contribution in [0.15, 0.2) is 18.2 Å². The van der Waals surface area contributed by atoms with Gasteiger partial charge in [0, 0.05) is 6.04 Å². The van der Waals surface area contributed by atoms with Crippen molar-refractivity contribution in [1.29, 1.82) is 0 Å². The first-order valence-corrected chi connectivity index (χ1v) is 7.59. The average molecular weight is 261 g/mol. The van der Waals surface area contributed by atoms with Crippen molar-refractivity contribution in [2.45, 2.75) is 52.0 Å². The molecule has 2 nitrogen and oxygen atoms in total. The Balaban J connectivity index is 2.03. The summed E-state index contributed by atoms with van der Waals surface area (Å²) in [5.74, 6) is 2.00. The molecule has 1 fully saturated rings. The molecule has 106 valence electrons. The summed E-state index contributed by atoms with van der Waals surface area (Å²) < 4.78 is 5.50. The first-order valence-electron chi connectivity index (χ1n) is 7.59. The van der Waals surface area contributed by atoms with Crippen LogP contribution in [0.2, 0.25) is 0 Å². The predicted octanol–water partition coefficient (Wildman–Crippen LogP) is 3.71. The van der Waals surface area contributed by atoms with Crippen LogP contribution in [0, 0.1) is 12.8 Å². The quantitative estimate of drug-likeness (QED) is 0.770. The third-order valence-corrected chi connectivity index (χ3v) is 3.90. The number of rotatable bonds is 8. The van der Waals surface area contributed by atoms with Crippen LogP contribution in [-0.4, -0.2) is 19.7 Å². The molecule has 0 aliphatic heterocycles. The second-order valence-corrected chi connectivity index (χ2v) is 5.85. The van der Waals surface area contributed by atoms with E-state index in [1.54, 1.807) is 7.11 Å². The third-order valence-electron chi connectivity index (χ3n) is 3.90. The minimum Gasteiger partial charge on any atom is -0.496 e. The molecule has 1 aromatic rings. The van der Waals surface area contributed by atoms with E-state index in [0.29, 0.717) is 6.04 Å². The van der Waals surface area contributed by atoms with Gasteiger partial charge in [0.25, 0.3) is 0 Å². The molecular formula is C17H27NO. The SMILES string of the molecule is CCCNC(Cc1cc(C)ccc1OC)CC1CC1. The van der Waals surface area contributed by atoms with Gasteiger partial charge in [-0.3, -0.25) is 0 Å². The van der Waals surface area contributed by atoms with Gasteiger partial charge in [-0.15, -0.1) is 0 Å². The second kappa shape index (κ2) is 6.95. The molecule has 1 aliphatic rings. The molecule has 0 spiro atoms. The van der Waals surface area contributed by atoms with Crippen LogP contribution in [-0.2, 0) is 6.42 Å². The molecule has 0 amide bonds. The minimum atomic E-state index is 0.600. The molecule has 19 heavy (non-hydrogen) atoms. The van der Waals surface area contributed by atoms with Gasteiger partial charge < -0.3 is 10.1 Å². The van der Waals surface area contributed by atoms with E-state index in [9.17, 15) is 0 Å². The van der Waals surface area contributed by atoms with E-state index < -0.39 is 0 Å². The molecule has 1 N–H and O–H groups in total. The molecule has 1 aromatic carbocycles.